The van der Waals surface area contributed by atoms with Gasteiger partial charge in [-0.15, -0.1) is 12.4 Å². The second-order valence-electron chi connectivity index (χ2n) is 4.78. The van der Waals surface area contributed by atoms with E-state index in [4.69, 9.17) is 5.73 Å². The summed E-state index contributed by atoms with van der Waals surface area (Å²) in [6, 6.07) is 7.71. The number of benzene rings is 1. The van der Waals surface area contributed by atoms with Crippen LogP contribution < -0.4 is 11.0 Å². The Morgan fingerprint density at radius 1 is 1.32 bits per heavy atom. The summed E-state index contributed by atoms with van der Waals surface area (Å²) >= 11 is 1.26. The molecule has 3 nitrogen and oxygen atoms in total. The highest BCUT2D eigenvalue weighted by Crippen LogP contribution is 2.34. The first-order valence-electron chi connectivity index (χ1n) is 5.82. The van der Waals surface area contributed by atoms with Crippen LogP contribution in [0, 0.1) is 0 Å². The fourth-order valence-corrected chi connectivity index (χ4v) is 3.01. The minimum atomic E-state index is -2.18. The topological polar surface area (TPSA) is 60.2 Å². The summed E-state index contributed by atoms with van der Waals surface area (Å²) in [6.07, 6.45) is 0.734. The highest BCUT2D eigenvalue weighted by atomic mass is 35.5. The van der Waals surface area contributed by atoms with E-state index >= 15 is 0 Å². The van der Waals surface area contributed by atoms with Crippen LogP contribution in [0.1, 0.15) is 12.5 Å². The summed E-state index contributed by atoms with van der Waals surface area (Å²) in [4.78, 5) is 10.8. The number of hydrogen-bond acceptors (Lipinski definition) is 4. The number of hydrogen-bond donors (Lipinski definition) is 1. The average molecular weight is 322 g/mol. The molecule has 0 bridgehead atoms. The minimum absolute atomic E-state index is 0. The summed E-state index contributed by atoms with van der Waals surface area (Å²) in [7, 11) is -2.18. The Labute approximate surface area is 125 Å². The molecule has 1 rings (SSSR count). The molecule has 0 saturated heterocycles. The van der Waals surface area contributed by atoms with Crippen molar-refractivity contribution >= 4 is 41.7 Å². The van der Waals surface area contributed by atoms with E-state index in [1.807, 2.05) is 24.3 Å². The van der Waals surface area contributed by atoms with Crippen molar-refractivity contribution in [2.24, 2.45) is 5.73 Å². The van der Waals surface area contributed by atoms with E-state index in [9.17, 15) is 9.36 Å². The maximum atomic E-state index is 11.9. The van der Waals surface area contributed by atoms with Gasteiger partial charge in [-0.25, -0.2) is 0 Å². The van der Waals surface area contributed by atoms with Crippen molar-refractivity contribution in [2.45, 2.75) is 19.4 Å². The third-order valence-electron chi connectivity index (χ3n) is 2.56. The van der Waals surface area contributed by atoms with E-state index in [1.165, 1.54) is 11.8 Å². The lowest BCUT2D eigenvalue weighted by atomic mass is 10.1. The number of rotatable bonds is 5. The molecule has 0 amide bonds. The maximum Gasteiger partial charge on any atom is 0.185 e. The van der Waals surface area contributed by atoms with Gasteiger partial charge in [-0.3, -0.25) is 4.79 Å². The smallest absolute Gasteiger partial charge is 0.185 e. The quantitative estimate of drug-likeness (QED) is 0.847. The predicted molar refractivity (Wildman–Crippen MR) is 87.6 cm³/mol. The van der Waals surface area contributed by atoms with Crippen LogP contribution in [0.5, 0.6) is 0 Å². The fourth-order valence-electron chi connectivity index (χ4n) is 1.58. The molecule has 0 aliphatic carbocycles. The van der Waals surface area contributed by atoms with Gasteiger partial charge in [0.2, 0.25) is 0 Å². The van der Waals surface area contributed by atoms with Crippen molar-refractivity contribution in [3.63, 3.8) is 0 Å². The van der Waals surface area contributed by atoms with Crippen molar-refractivity contribution < 1.29 is 9.36 Å². The molecule has 0 spiro atoms. The Hall–Kier alpha value is -0.280. The molecule has 1 unspecified atom stereocenters. The molecule has 108 valence electrons. The Balaban J connectivity index is 0.00000324. The van der Waals surface area contributed by atoms with Crippen LogP contribution in [-0.2, 0) is 15.8 Å². The van der Waals surface area contributed by atoms with Gasteiger partial charge in [0.15, 0.2) is 5.12 Å². The molecule has 0 aromatic heterocycles. The highest BCUT2D eigenvalue weighted by molar-refractivity contribution is 8.13. The average Bonchev–Trinajstić information content (AvgIpc) is 2.26. The maximum absolute atomic E-state index is 11.9. The van der Waals surface area contributed by atoms with Gasteiger partial charge >= 0.3 is 0 Å². The number of carbonyl (C=O) groups is 1. The van der Waals surface area contributed by atoms with Gasteiger partial charge in [0.25, 0.3) is 0 Å². The van der Waals surface area contributed by atoms with Crippen molar-refractivity contribution in [1.82, 2.24) is 0 Å². The number of carbonyl (C=O) groups excluding carboxylic acids is 1. The Bertz CT molecular complexity index is 458. The lowest BCUT2D eigenvalue weighted by Gasteiger charge is -2.12. The lowest BCUT2D eigenvalue weighted by Crippen LogP contribution is -2.26. The molecule has 0 heterocycles. The number of nitrogens with two attached hydrogens (primary N) is 1. The summed E-state index contributed by atoms with van der Waals surface area (Å²) in [6.45, 7) is 5.07. The minimum Gasteiger partial charge on any atom is -0.327 e. The molecular formula is C13H21ClNO2PS. The van der Waals surface area contributed by atoms with Gasteiger partial charge in [0.05, 0.1) is 0 Å². The second kappa shape index (κ2) is 8.11. The molecule has 0 aliphatic rings. The third-order valence-corrected chi connectivity index (χ3v) is 5.10. The molecule has 0 aliphatic heterocycles. The molecule has 19 heavy (non-hydrogen) atoms. The van der Waals surface area contributed by atoms with E-state index in [0.29, 0.717) is 5.75 Å². The zero-order valence-electron chi connectivity index (χ0n) is 11.5. The van der Waals surface area contributed by atoms with Crippen LogP contribution in [0.15, 0.2) is 24.3 Å². The third kappa shape index (κ3) is 7.17. The van der Waals surface area contributed by atoms with Gasteiger partial charge in [0.1, 0.15) is 7.14 Å². The van der Waals surface area contributed by atoms with Crippen molar-refractivity contribution in [3.05, 3.63) is 29.8 Å². The van der Waals surface area contributed by atoms with Gasteiger partial charge in [-0.05, 0) is 25.3 Å². The van der Waals surface area contributed by atoms with E-state index in [1.54, 1.807) is 20.3 Å². The van der Waals surface area contributed by atoms with E-state index < -0.39 is 7.14 Å². The van der Waals surface area contributed by atoms with E-state index in [0.717, 1.165) is 17.3 Å². The monoisotopic (exact) mass is 321 g/mol. The first-order chi connectivity index (χ1) is 8.29. The largest absolute Gasteiger partial charge is 0.327 e. The van der Waals surface area contributed by atoms with Crippen LogP contribution in [0.2, 0.25) is 0 Å². The van der Waals surface area contributed by atoms with Gasteiger partial charge in [0, 0.05) is 24.0 Å². The number of thioether (sulfide) groups is 1. The van der Waals surface area contributed by atoms with E-state index in [-0.39, 0.29) is 23.6 Å². The summed E-state index contributed by atoms with van der Waals surface area (Å²) in [5, 5.41) is 0.983. The Morgan fingerprint density at radius 2 is 1.84 bits per heavy atom. The van der Waals surface area contributed by atoms with Crippen LogP contribution in [0.4, 0.5) is 0 Å². The van der Waals surface area contributed by atoms with E-state index in [2.05, 4.69) is 0 Å². The van der Waals surface area contributed by atoms with Crippen LogP contribution in [0.3, 0.4) is 0 Å². The van der Waals surface area contributed by atoms with Crippen molar-refractivity contribution in [3.8, 4) is 0 Å². The second-order valence-corrected chi connectivity index (χ2v) is 9.20. The fraction of sp³-hybridized carbons (Fsp3) is 0.462. The standard InChI is InChI=1S/C13H20NO2PS.ClH/c1-10(15)18-9-12(14)8-11-4-6-13(7-5-11)17(2,3)16;/h4-7,12H,8-9,14H2,1-3H3;1H. The van der Waals surface area contributed by atoms with Crippen LogP contribution in [0.25, 0.3) is 0 Å². The first kappa shape index (κ1) is 18.7. The molecule has 0 radical (unpaired) electrons. The molecule has 6 heteroatoms. The predicted octanol–water partition coefficient (Wildman–Crippen LogP) is 2.51. The van der Waals surface area contributed by atoms with Crippen LogP contribution >= 0.6 is 31.3 Å². The SMILES string of the molecule is CC(=O)SCC(N)Cc1ccc(P(C)(C)=O)cc1.Cl. The molecule has 0 saturated carbocycles. The normalized spacial score (nSPS) is 12.6. The Kier molecular flexibility index (Phi) is 7.99. The first-order valence-corrected chi connectivity index (χ1v) is 9.41. The van der Waals surface area contributed by atoms with Gasteiger partial charge in [-0.1, -0.05) is 36.0 Å². The van der Waals surface area contributed by atoms with Crippen molar-refractivity contribution in [1.29, 1.82) is 0 Å². The lowest BCUT2D eigenvalue weighted by molar-refractivity contribution is -0.109. The molecule has 0 fully saturated rings. The molecular weight excluding hydrogens is 301 g/mol. The summed E-state index contributed by atoms with van der Waals surface area (Å²) in [5.74, 6) is 0.636. The number of halogens is 1. The molecule has 1 atom stereocenters. The summed E-state index contributed by atoms with van der Waals surface area (Å²) < 4.78 is 11.9. The van der Waals surface area contributed by atoms with Crippen LogP contribution in [-0.4, -0.2) is 30.2 Å². The zero-order valence-corrected chi connectivity index (χ0v) is 14.0. The molecule has 1 aromatic carbocycles. The molecule has 2 N–H and O–H groups in total. The van der Waals surface area contributed by atoms with Gasteiger partial charge < -0.3 is 10.3 Å². The summed E-state index contributed by atoms with van der Waals surface area (Å²) in [5.41, 5.74) is 7.06. The molecule has 1 aromatic rings. The van der Waals surface area contributed by atoms with Crippen molar-refractivity contribution in [2.75, 3.05) is 19.1 Å². The Morgan fingerprint density at radius 3 is 2.26 bits per heavy atom. The highest BCUT2D eigenvalue weighted by Gasteiger charge is 2.11. The zero-order chi connectivity index (χ0) is 13.8. The van der Waals surface area contributed by atoms with Gasteiger partial charge in [-0.2, -0.15) is 0 Å².